The maximum atomic E-state index is 5.34. The fourth-order valence-electron chi connectivity index (χ4n) is 2.06. The second-order valence-electron chi connectivity index (χ2n) is 5.10. The summed E-state index contributed by atoms with van der Waals surface area (Å²) in [6.07, 6.45) is 5.46. The molecule has 0 amide bonds. The first-order valence-corrected chi connectivity index (χ1v) is 5.32. The molecule has 0 unspecified atom stereocenters. The summed E-state index contributed by atoms with van der Waals surface area (Å²) in [4.78, 5) is 0. The van der Waals surface area contributed by atoms with E-state index in [2.05, 4.69) is 26.1 Å². The quantitative estimate of drug-likeness (QED) is 0.713. The van der Waals surface area contributed by atoms with Crippen LogP contribution in [0.3, 0.4) is 0 Å². The first-order valence-electron chi connectivity index (χ1n) is 5.32. The van der Waals surface area contributed by atoms with Crippen LogP contribution in [0.25, 0.3) is 0 Å². The van der Waals surface area contributed by atoms with Crippen LogP contribution in [0.1, 0.15) is 46.5 Å². The maximum absolute atomic E-state index is 5.34. The van der Waals surface area contributed by atoms with Crippen molar-refractivity contribution in [1.29, 1.82) is 0 Å². The van der Waals surface area contributed by atoms with Crippen molar-refractivity contribution in [2.75, 3.05) is 7.11 Å². The zero-order chi connectivity index (χ0) is 9.90. The van der Waals surface area contributed by atoms with Gasteiger partial charge >= 0.3 is 0 Å². The van der Waals surface area contributed by atoms with E-state index in [0.717, 1.165) is 0 Å². The number of methoxy groups -OCH3 is 1. The average molecular weight is 185 g/mol. The van der Waals surface area contributed by atoms with E-state index in [-0.39, 0.29) is 5.54 Å². The van der Waals surface area contributed by atoms with Crippen LogP contribution in [0, 0.1) is 0 Å². The third-order valence-corrected chi connectivity index (χ3v) is 2.64. The normalized spacial score (nSPS) is 30.5. The molecule has 1 rings (SSSR count). The minimum atomic E-state index is 0.255. The molecule has 0 aromatic heterocycles. The van der Waals surface area contributed by atoms with Crippen molar-refractivity contribution >= 4 is 0 Å². The summed E-state index contributed by atoms with van der Waals surface area (Å²) in [7, 11) is 1.82. The molecular weight excluding hydrogens is 162 g/mol. The molecule has 2 heteroatoms. The van der Waals surface area contributed by atoms with E-state index in [1.165, 1.54) is 25.7 Å². The highest BCUT2D eigenvalue weighted by Gasteiger charge is 2.23. The molecule has 1 saturated carbocycles. The van der Waals surface area contributed by atoms with Gasteiger partial charge in [-0.2, -0.15) is 0 Å². The lowest BCUT2D eigenvalue weighted by Gasteiger charge is -2.33. The molecule has 0 radical (unpaired) electrons. The van der Waals surface area contributed by atoms with Gasteiger partial charge in [0.25, 0.3) is 0 Å². The van der Waals surface area contributed by atoms with Gasteiger partial charge in [0.1, 0.15) is 0 Å². The van der Waals surface area contributed by atoms with Crippen LogP contribution < -0.4 is 5.32 Å². The molecule has 78 valence electrons. The summed E-state index contributed by atoms with van der Waals surface area (Å²) in [6.45, 7) is 6.69. The predicted molar refractivity (Wildman–Crippen MR) is 55.9 cm³/mol. The summed E-state index contributed by atoms with van der Waals surface area (Å²) in [6, 6.07) is 0.700. The Balaban J connectivity index is 2.25. The largest absolute Gasteiger partial charge is 0.381 e. The van der Waals surface area contributed by atoms with Gasteiger partial charge in [-0.05, 0) is 46.5 Å². The van der Waals surface area contributed by atoms with Gasteiger partial charge in [-0.25, -0.2) is 0 Å². The molecule has 0 aromatic rings. The van der Waals surface area contributed by atoms with Gasteiger partial charge in [-0.1, -0.05) is 0 Å². The molecule has 13 heavy (non-hydrogen) atoms. The fraction of sp³-hybridized carbons (Fsp3) is 1.00. The van der Waals surface area contributed by atoms with Crippen molar-refractivity contribution in [2.24, 2.45) is 0 Å². The Kier molecular flexibility index (Phi) is 3.74. The summed E-state index contributed by atoms with van der Waals surface area (Å²) in [5, 5.41) is 3.65. The molecule has 1 fully saturated rings. The van der Waals surface area contributed by atoms with Crippen molar-refractivity contribution in [3.63, 3.8) is 0 Å². The Morgan fingerprint density at radius 1 is 1.08 bits per heavy atom. The van der Waals surface area contributed by atoms with Crippen LogP contribution in [-0.4, -0.2) is 24.8 Å². The molecule has 0 aliphatic heterocycles. The second kappa shape index (κ2) is 4.43. The van der Waals surface area contributed by atoms with E-state index in [1.54, 1.807) is 0 Å². The van der Waals surface area contributed by atoms with Gasteiger partial charge in [0.2, 0.25) is 0 Å². The third kappa shape index (κ3) is 4.10. The molecule has 0 atom stereocenters. The minimum Gasteiger partial charge on any atom is -0.381 e. The van der Waals surface area contributed by atoms with Crippen LogP contribution in [0.5, 0.6) is 0 Å². The molecule has 0 bridgehead atoms. The van der Waals surface area contributed by atoms with Crippen LogP contribution in [0.4, 0.5) is 0 Å². The number of rotatable bonds is 2. The van der Waals surface area contributed by atoms with E-state index in [9.17, 15) is 0 Å². The van der Waals surface area contributed by atoms with Crippen molar-refractivity contribution in [3.05, 3.63) is 0 Å². The number of hydrogen-bond acceptors (Lipinski definition) is 2. The number of ether oxygens (including phenoxy) is 1. The summed E-state index contributed by atoms with van der Waals surface area (Å²) >= 11 is 0. The Morgan fingerprint density at radius 2 is 1.62 bits per heavy atom. The van der Waals surface area contributed by atoms with Crippen molar-refractivity contribution < 1.29 is 4.74 Å². The third-order valence-electron chi connectivity index (χ3n) is 2.64. The van der Waals surface area contributed by atoms with Crippen molar-refractivity contribution in [2.45, 2.75) is 64.1 Å². The lowest BCUT2D eigenvalue weighted by atomic mass is 9.91. The highest BCUT2D eigenvalue weighted by molar-refractivity contribution is 4.82. The average Bonchev–Trinajstić information content (AvgIpc) is 2.03. The predicted octanol–water partition coefficient (Wildman–Crippen LogP) is 2.33. The van der Waals surface area contributed by atoms with E-state index in [4.69, 9.17) is 4.74 Å². The van der Waals surface area contributed by atoms with Crippen LogP contribution >= 0.6 is 0 Å². The molecule has 0 saturated heterocycles. The first kappa shape index (κ1) is 11.0. The standard InChI is InChI=1S/C11H23NO/c1-11(2,3)12-9-5-7-10(13-4)8-6-9/h9-10,12H,5-8H2,1-4H3. The summed E-state index contributed by atoms with van der Waals surface area (Å²) in [5.41, 5.74) is 0.255. The Morgan fingerprint density at radius 3 is 2.00 bits per heavy atom. The van der Waals surface area contributed by atoms with Crippen molar-refractivity contribution in [3.8, 4) is 0 Å². The molecule has 1 N–H and O–H groups in total. The molecule has 0 heterocycles. The monoisotopic (exact) mass is 185 g/mol. The zero-order valence-corrected chi connectivity index (χ0v) is 9.39. The minimum absolute atomic E-state index is 0.255. The van der Waals surface area contributed by atoms with Gasteiger partial charge in [-0.3, -0.25) is 0 Å². The SMILES string of the molecule is COC1CCC(NC(C)(C)C)CC1. The topological polar surface area (TPSA) is 21.3 Å². The first-order chi connectivity index (χ1) is 6.01. The molecule has 1 aliphatic rings. The molecule has 0 aromatic carbocycles. The highest BCUT2D eigenvalue weighted by atomic mass is 16.5. The second-order valence-corrected chi connectivity index (χ2v) is 5.10. The van der Waals surface area contributed by atoms with Crippen LogP contribution in [0.15, 0.2) is 0 Å². The Labute approximate surface area is 82.0 Å². The van der Waals surface area contributed by atoms with Gasteiger partial charge in [0, 0.05) is 18.7 Å². The lowest BCUT2D eigenvalue weighted by Crippen LogP contribution is -2.45. The van der Waals surface area contributed by atoms with Crippen molar-refractivity contribution in [1.82, 2.24) is 5.32 Å². The van der Waals surface area contributed by atoms with E-state index >= 15 is 0 Å². The van der Waals surface area contributed by atoms with Crippen LogP contribution in [-0.2, 0) is 4.74 Å². The van der Waals surface area contributed by atoms with Gasteiger partial charge in [0.15, 0.2) is 0 Å². The van der Waals surface area contributed by atoms with E-state index < -0.39 is 0 Å². The van der Waals surface area contributed by atoms with Gasteiger partial charge in [-0.15, -0.1) is 0 Å². The molecular formula is C11H23NO. The summed E-state index contributed by atoms with van der Waals surface area (Å²) < 4.78 is 5.34. The fourth-order valence-corrected chi connectivity index (χ4v) is 2.06. The molecule has 1 aliphatic carbocycles. The lowest BCUT2D eigenvalue weighted by molar-refractivity contribution is 0.0594. The smallest absolute Gasteiger partial charge is 0.0572 e. The highest BCUT2D eigenvalue weighted by Crippen LogP contribution is 2.22. The van der Waals surface area contributed by atoms with Gasteiger partial charge in [0.05, 0.1) is 6.10 Å². The van der Waals surface area contributed by atoms with E-state index in [0.29, 0.717) is 12.1 Å². The molecule has 2 nitrogen and oxygen atoms in total. The number of hydrogen-bond donors (Lipinski definition) is 1. The van der Waals surface area contributed by atoms with E-state index in [1.807, 2.05) is 7.11 Å². The zero-order valence-electron chi connectivity index (χ0n) is 9.39. The number of nitrogens with one attached hydrogen (secondary N) is 1. The molecule has 0 spiro atoms. The maximum Gasteiger partial charge on any atom is 0.0572 e. The van der Waals surface area contributed by atoms with Crippen LogP contribution in [0.2, 0.25) is 0 Å². The Bertz CT molecular complexity index is 143. The summed E-state index contributed by atoms with van der Waals surface area (Å²) in [5.74, 6) is 0. The van der Waals surface area contributed by atoms with Gasteiger partial charge < -0.3 is 10.1 Å². The Hall–Kier alpha value is -0.0800.